The molecule has 0 saturated carbocycles. The molecule has 1 aromatic carbocycles. The minimum Gasteiger partial charge on any atom is -0.481 e. The average molecular weight is 235 g/mol. The third-order valence-electron chi connectivity index (χ3n) is 3.14. The molecule has 3 N–H and O–H groups in total. The Kier molecular flexibility index (Phi) is 3.76. The van der Waals surface area contributed by atoms with Crippen molar-refractivity contribution in [2.45, 2.75) is 24.9 Å². The Bertz CT molecular complexity index is 405. The second-order valence-corrected chi connectivity index (χ2v) is 4.51. The van der Waals surface area contributed by atoms with Crippen LogP contribution in [0, 0.1) is 0 Å². The highest BCUT2D eigenvalue weighted by atomic mass is 16.4. The van der Waals surface area contributed by atoms with Gasteiger partial charge in [0, 0.05) is 19.0 Å². The van der Waals surface area contributed by atoms with Gasteiger partial charge >= 0.3 is 5.97 Å². The molecule has 0 heterocycles. The Morgan fingerprint density at radius 2 is 2.24 bits per heavy atom. The van der Waals surface area contributed by atoms with Gasteiger partial charge in [0.25, 0.3) is 0 Å². The van der Waals surface area contributed by atoms with Crippen LogP contribution >= 0.6 is 0 Å². The lowest BCUT2D eigenvalue weighted by atomic mass is 9.77. The second-order valence-electron chi connectivity index (χ2n) is 4.51. The molecule has 0 saturated heterocycles. The number of fused-ring (bicyclic) bond motifs is 1. The zero-order valence-corrected chi connectivity index (χ0v) is 9.60. The number of carboxylic acid groups (broad SMARTS) is 1. The van der Waals surface area contributed by atoms with Crippen LogP contribution in [0.2, 0.25) is 0 Å². The number of carboxylic acids is 1. The van der Waals surface area contributed by atoms with Crippen LogP contribution in [0.3, 0.4) is 0 Å². The Morgan fingerprint density at radius 3 is 2.94 bits per heavy atom. The minimum atomic E-state index is -0.965. The third kappa shape index (κ3) is 3.05. The highest BCUT2D eigenvalue weighted by molar-refractivity contribution is 5.67. The molecule has 0 bridgehead atoms. The largest absolute Gasteiger partial charge is 0.481 e. The van der Waals surface area contributed by atoms with Gasteiger partial charge in [0.2, 0.25) is 0 Å². The summed E-state index contributed by atoms with van der Waals surface area (Å²) in [5.74, 6) is -0.462. The second kappa shape index (κ2) is 5.29. The Hall–Kier alpha value is -1.39. The maximum Gasteiger partial charge on any atom is 0.306 e. The van der Waals surface area contributed by atoms with Gasteiger partial charge in [-0.25, -0.2) is 0 Å². The number of carbonyl (C=O) groups is 1. The topological polar surface area (TPSA) is 69.6 Å². The molecule has 0 aromatic heterocycles. The molecule has 0 amide bonds. The van der Waals surface area contributed by atoms with Crippen molar-refractivity contribution in [3.63, 3.8) is 0 Å². The molecular formula is C13H17NO3. The quantitative estimate of drug-likeness (QED) is 0.680. The Balaban J connectivity index is 1.70. The summed E-state index contributed by atoms with van der Waals surface area (Å²) in [6.45, 7) is 1.14. The Labute approximate surface area is 100 Å². The van der Waals surface area contributed by atoms with Gasteiger partial charge in [-0.1, -0.05) is 24.3 Å². The van der Waals surface area contributed by atoms with E-state index in [0.717, 1.165) is 13.0 Å². The molecule has 2 rings (SSSR count). The van der Waals surface area contributed by atoms with E-state index in [1.165, 1.54) is 11.1 Å². The van der Waals surface area contributed by atoms with E-state index in [1.807, 2.05) is 12.1 Å². The van der Waals surface area contributed by atoms with Crippen molar-refractivity contribution in [1.82, 2.24) is 5.32 Å². The lowest BCUT2D eigenvalue weighted by molar-refractivity contribution is -0.139. The summed E-state index contributed by atoms with van der Waals surface area (Å²) in [5, 5.41) is 21.0. The van der Waals surface area contributed by atoms with Gasteiger partial charge in [0.1, 0.15) is 0 Å². The molecule has 0 radical (unpaired) electrons. The van der Waals surface area contributed by atoms with E-state index < -0.39 is 12.1 Å². The van der Waals surface area contributed by atoms with Crippen molar-refractivity contribution in [3.8, 4) is 0 Å². The fourth-order valence-electron chi connectivity index (χ4n) is 2.24. The van der Waals surface area contributed by atoms with Crippen molar-refractivity contribution in [2.24, 2.45) is 0 Å². The molecule has 0 spiro atoms. The van der Waals surface area contributed by atoms with Gasteiger partial charge in [-0.05, 0) is 17.5 Å². The zero-order valence-electron chi connectivity index (χ0n) is 9.60. The van der Waals surface area contributed by atoms with Crippen LogP contribution in [0.15, 0.2) is 24.3 Å². The van der Waals surface area contributed by atoms with Crippen molar-refractivity contribution in [1.29, 1.82) is 0 Å². The third-order valence-corrected chi connectivity index (χ3v) is 3.14. The van der Waals surface area contributed by atoms with Crippen LogP contribution in [-0.4, -0.2) is 35.4 Å². The number of benzene rings is 1. The fourth-order valence-corrected chi connectivity index (χ4v) is 2.24. The van der Waals surface area contributed by atoms with E-state index >= 15 is 0 Å². The first-order valence-corrected chi connectivity index (χ1v) is 5.85. The lowest BCUT2D eigenvalue weighted by Crippen LogP contribution is -2.34. The van der Waals surface area contributed by atoms with E-state index in [1.54, 1.807) is 0 Å². The zero-order chi connectivity index (χ0) is 12.3. The van der Waals surface area contributed by atoms with Crippen molar-refractivity contribution in [3.05, 3.63) is 35.4 Å². The van der Waals surface area contributed by atoms with Crippen LogP contribution < -0.4 is 5.32 Å². The summed E-state index contributed by atoms with van der Waals surface area (Å²) in [5.41, 5.74) is 2.76. The normalized spacial score (nSPS) is 19.2. The summed E-state index contributed by atoms with van der Waals surface area (Å²) < 4.78 is 0. The summed E-state index contributed by atoms with van der Waals surface area (Å²) in [6, 6.07) is 8.33. The molecule has 2 unspecified atom stereocenters. The maximum atomic E-state index is 10.3. The smallest absolute Gasteiger partial charge is 0.306 e. The molecule has 2 atom stereocenters. The van der Waals surface area contributed by atoms with Crippen LogP contribution in [0.5, 0.6) is 0 Å². The number of rotatable bonds is 6. The number of aliphatic hydroxyl groups excluding tert-OH is 1. The van der Waals surface area contributed by atoms with E-state index in [4.69, 9.17) is 5.11 Å². The van der Waals surface area contributed by atoms with Gasteiger partial charge in [-0.2, -0.15) is 0 Å². The SMILES string of the molecule is O=C(O)CC(O)CNCC1Cc2ccccc21. The van der Waals surface area contributed by atoms with Crippen molar-refractivity contribution < 1.29 is 15.0 Å². The van der Waals surface area contributed by atoms with Gasteiger partial charge in [-0.3, -0.25) is 4.79 Å². The van der Waals surface area contributed by atoms with Crippen LogP contribution in [0.4, 0.5) is 0 Å². The Morgan fingerprint density at radius 1 is 1.47 bits per heavy atom. The molecule has 1 aromatic rings. The number of aliphatic hydroxyl groups is 1. The van der Waals surface area contributed by atoms with Gasteiger partial charge in [0.15, 0.2) is 0 Å². The van der Waals surface area contributed by atoms with Crippen LogP contribution in [0.1, 0.15) is 23.5 Å². The molecule has 1 aliphatic carbocycles. The fraction of sp³-hybridized carbons (Fsp3) is 0.462. The first kappa shape index (κ1) is 12.1. The monoisotopic (exact) mass is 235 g/mol. The van der Waals surface area contributed by atoms with Crippen molar-refractivity contribution in [2.75, 3.05) is 13.1 Å². The molecule has 92 valence electrons. The first-order chi connectivity index (χ1) is 8.16. The van der Waals surface area contributed by atoms with Crippen LogP contribution in [-0.2, 0) is 11.2 Å². The molecule has 4 heteroatoms. The van der Waals surface area contributed by atoms with E-state index in [0.29, 0.717) is 12.5 Å². The number of hydrogen-bond donors (Lipinski definition) is 3. The summed E-state index contributed by atoms with van der Waals surface area (Å²) in [4.78, 5) is 10.3. The van der Waals surface area contributed by atoms with Crippen molar-refractivity contribution >= 4 is 5.97 Å². The average Bonchev–Trinajstić information content (AvgIpc) is 2.23. The number of nitrogens with one attached hydrogen (secondary N) is 1. The molecule has 0 aliphatic heterocycles. The highest BCUT2D eigenvalue weighted by Crippen LogP contribution is 2.33. The first-order valence-electron chi connectivity index (χ1n) is 5.85. The molecule has 1 aliphatic rings. The summed E-state index contributed by atoms with van der Waals surface area (Å²) in [6.07, 6.45) is 0.0646. The molecule has 0 fully saturated rings. The van der Waals surface area contributed by atoms with E-state index in [9.17, 15) is 9.90 Å². The standard InChI is InChI=1S/C13H17NO3/c15-11(6-13(16)17)8-14-7-10-5-9-3-1-2-4-12(9)10/h1-4,10-11,14-15H,5-8H2,(H,16,17). The lowest BCUT2D eigenvalue weighted by Gasteiger charge is -2.30. The van der Waals surface area contributed by atoms with Gasteiger partial charge in [-0.15, -0.1) is 0 Å². The van der Waals surface area contributed by atoms with Crippen LogP contribution in [0.25, 0.3) is 0 Å². The molecular weight excluding hydrogens is 218 g/mol. The predicted octanol–water partition coefficient (Wildman–Crippen LogP) is 0.751. The van der Waals surface area contributed by atoms with E-state index in [-0.39, 0.29) is 6.42 Å². The summed E-state index contributed by atoms with van der Waals surface area (Å²) in [7, 11) is 0. The number of aliphatic carboxylic acids is 1. The van der Waals surface area contributed by atoms with E-state index in [2.05, 4.69) is 17.4 Å². The van der Waals surface area contributed by atoms with Gasteiger partial charge in [0.05, 0.1) is 12.5 Å². The molecule has 4 nitrogen and oxygen atoms in total. The molecule has 17 heavy (non-hydrogen) atoms. The van der Waals surface area contributed by atoms with Gasteiger partial charge < -0.3 is 15.5 Å². The number of hydrogen-bond acceptors (Lipinski definition) is 3. The predicted molar refractivity (Wildman–Crippen MR) is 64.0 cm³/mol. The maximum absolute atomic E-state index is 10.3. The minimum absolute atomic E-state index is 0.200. The summed E-state index contributed by atoms with van der Waals surface area (Å²) >= 11 is 0. The highest BCUT2D eigenvalue weighted by Gasteiger charge is 2.24.